The van der Waals surface area contributed by atoms with Crippen LogP contribution in [0.15, 0.2) is 23.1 Å². The summed E-state index contributed by atoms with van der Waals surface area (Å²) in [6, 6.07) is 1.34. The topological polar surface area (TPSA) is 111 Å². The zero-order valence-corrected chi connectivity index (χ0v) is 17.3. The summed E-state index contributed by atoms with van der Waals surface area (Å²) < 4.78 is 49.1. The average molecular weight is 469 g/mol. The maximum absolute atomic E-state index is 14.9. The van der Waals surface area contributed by atoms with Crippen LogP contribution in [0.5, 0.6) is 0 Å². The minimum Gasteiger partial charge on any atom is -0.462 e. The van der Waals surface area contributed by atoms with Crippen molar-refractivity contribution in [3.63, 3.8) is 0 Å². The molecular weight excluding hydrogens is 453 g/mol. The van der Waals surface area contributed by atoms with E-state index in [2.05, 4.69) is 4.98 Å². The van der Waals surface area contributed by atoms with Crippen LogP contribution in [0, 0.1) is 17.5 Å². The molecule has 1 aliphatic rings. The molecule has 0 bridgehead atoms. The number of nitrogens with two attached hydrogens (primary N) is 1. The number of carbonyl (C=O) groups excluding carboxylic acids is 1. The number of esters is 1. The van der Waals surface area contributed by atoms with Crippen molar-refractivity contribution in [3.05, 3.63) is 56.6 Å². The molecule has 4 rings (SSSR count). The fourth-order valence-corrected chi connectivity index (χ4v) is 3.90. The minimum absolute atomic E-state index is 0.0578. The van der Waals surface area contributed by atoms with Gasteiger partial charge in [-0.2, -0.15) is 0 Å². The second kappa shape index (κ2) is 7.99. The van der Waals surface area contributed by atoms with E-state index in [1.807, 2.05) is 0 Å². The lowest BCUT2D eigenvalue weighted by Gasteiger charge is -2.38. The number of nitrogens with zero attached hydrogens (tertiary/aromatic N) is 3. The highest BCUT2D eigenvalue weighted by molar-refractivity contribution is 6.38. The molecule has 0 aliphatic carbocycles. The number of halogens is 4. The second-order valence-corrected chi connectivity index (χ2v) is 7.48. The van der Waals surface area contributed by atoms with Crippen molar-refractivity contribution in [1.29, 1.82) is 0 Å². The average Bonchev–Trinajstić information content (AvgIpc) is 2.70. The highest BCUT2D eigenvalue weighted by Crippen LogP contribution is 2.38. The summed E-state index contributed by atoms with van der Waals surface area (Å²) in [5.41, 5.74) is 3.74. The number of aromatic nitrogens is 2. The summed E-state index contributed by atoms with van der Waals surface area (Å²) in [7, 11) is 0. The van der Waals surface area contributed by atoms with E-state index in [1.54, 1.807) is 0 Å². The second-order valence-electron chi connectivity index (χ2n) is 7.10. The van der Waals surface area contributed by atoms with Gasteiger partial charge in [-0.1, -0.05) is 11.6 Å². The molecule has 0 radical (unpaired) electrons. The lowest BCUT2D eigenvalue weighted by Crippen LogP contribution is -2.51. The van der Waals surface area contributed by atoms with Gasteiger partial charge in [0, 0.05) is 25.4 Å². The Morgan fingerprint density at radius 3 is 2.59 bits per heavy atom. The summed E-state index contributed by atoms with van der Waals surface area (Å²) in [5, 5.41) is 8.93. The number of fused-ring (bicyclic) bond motifs is 1. The first-order chi connectivity index (χ1) is 15.1. The van der Waals surface area contributed by atoms with Crippen LogP contribution >= 0.6 is 11.6 Å². The Morgan fingerprint density at radius 1 is 1.28 bits per heavy atom. The summed E-state index contributed by atoms with van der Waals surface area (Å²) in [6.07, 6.45) is 0.245. The molecule has 3 N–H and O–H groups in total. The molecule has 0 amide bonds. The van der Waals surface area contributed by atoms with Crippen molar-refractivity contribution in [1.82, 2.24) is 9.55 Å². The molecule has 1 aromatic carbocycles. The Morgan fingerprint density at radius 2 is 1.97 bits per heavy atom. The van der Waals surface area contributed by atoms with Gasteiger partial charge in [-0.15, -0.1) is 0 Å². The number of anilines is 2. The fourth-order valence-electron chi connectivity index (χ4n) is 3.49. The summed E-state index contributed by atoms with van der Waals surface area (Å²) in [6.45, 7) is 1.63. The maximum Gasteiger partial charge on any atom is 0.343 e. The van der Waals surface area contributed by atoms with E-state index in [9.17, 15) is 27.9 Å². The SMILES string of the molecule is CCOC(=O)c1cn(-c2nc(N)c(F)cc2F)c2c(Cl)c(N3CC(O)C3)c(F)cc2c1=O. The molecule has 8 nitrogen and oxygen atoms in total. The van der Waals surface area contributed by atoms with Gasteiger partial charge in [0.05, 0.1) is 34.3 Å². The highest BCUT2D eigenvalue weighted by atomic mass is 35.5. The molecule has 1 saturated heterocycles. The maximum atomic E-state index is 14.9. The van der Waals surface area contributed by atoms with Crippen molar-refractivity contribution < 1.29 is 27.8 Å². The Labute approximate surface area is 183 Å². The van der Waals surface area contributed by atoms with Gasteiger partial charge in [-0.05, 0) is 13.0 Å². The van der Waals surface area contributed by atoms with Crippen molar-refractivity contribution in [2.75, 3.05) is 30.3 Å². The molecule has 3 heterocycles. The largest absolute Gasteiger partial charge is 0.462 e. The van der Waals surface area contributed by atoms with Gasteiger partial charge in [0.2, 0.25) is 5.43 Å². The zero-order chi connectivity index (χ0) is 23.3. The number of benzene rings is 1. The number of nitrogen functional groups attached to an aromatic ring is 1. The molecular formula is C20H16ClF3N4O4. The van der Waals surface area contributed by atoms with Crippen LogP contribution < -0.4 is 16.1 Å². The summed E-state index contributed by atoms with van der Waals surface area (Å²) in [4.78, 5) is 30.4. The van der Waals surface area contributed by atoms with E-state index >= 15 is 0 Å². The molecule has 1 fully saturated rings. The number of aliphatic hydroxyl groups is 1. The number of aliphatic hydroxyl groups excluding tert-OH is 1. The highest BCUT2D eigenvalue weighted by Gasteiger charge is 2.31. The Balaban J connectivity index is 2.11. The van der Waals surface area contributed by atoms with Crippen LogP contribution in [0.25, 0.3) is 16.7 Å². The molecule has 12 heteroatoms. The van der Waals surface area contributed by atoms with Gasteiger partial charge < -0.3 is 20.5 Å². The van der Waals surface area contributed by atoms with Crippen molar-refractivity contribution >= 4 is 40.0 Å². The lowest BCUT2D eigenvalue weighted by atomic mass is 10.1. The number of carbonyl (C=O) groups is 1. The van der Waals surface area contributed by atoms with Crippen LogP contribution in [0.4, 0.5) is 24.7 Å². The zero-order valence-electron chi connectivity index (χ0n) is 16.5. The quantitative estimate of drug-likeness (QED) is 0.566. The molecule has 0 spiro atoms. The molecule has 0 saturated carbocycles. The predicted molar refractivity (Wildman–Crippen MR) is 111 cm³/mol. The third-order valence-corrected chi connectivity index (χ3v) is 5.35. The first-order valence-corrected chi connectivity index (χ1v) is 9.81. The minimum atomic E-state index is -1.17. The molecule has 0 unspecified atom stereocenters. The molecule has 2 aromatic heterocycles. The van der Waals surface area contributed by atoms with Crippen molar-refractivity contribution in [2.24, 2.45) is 0 Å². The van der Waals surface area contributed by atoms with E-state index in [4.69, 9.17) is 22.1 Å². The van der Waals surface area contributed by atoms with Crippen LogP contribution in [-0.4, -0.2) is 46.4 Å². The number of β-amino-alcohol motifs (C(OH)–C–C–N with tert-alkyl or cyclic N) is 1. The molecule has 168 valence electrons. The summed E-state index contributed by atoms with van der Waals surface area (Å²) >= 11 is 6.45. The number of hydrogen-bond donors (Lipinski definition) is 2. The standard InChI is InChI=1S/C20H16ClF3N4O4/c1-2-32-20(31)10-7-28(19-13(24)4-12(23)18(25)26-19)15-9(17(10)30)3-11(22)16(14(15)21)27-5-8(29)6-27/h3-4,7-8,29H,2,5-6H2,1H3,(H2,25,26). The van der Waals surface area contributed by atoms with Crippen LogP contribution in [0.2, 0.25) is 5.02 Å². The molecule has 0 atom stereocenters. The van der Waals surface area contributed by atoms with Gasteiger partial charge in [0.1, 0.15) is 11.4 Å². The Bertz CT molecular complexity index is 1320. The third-order valence-electron chi connectivity index (χ3n) is 5.00. The van der Waals surface area contributed by atoms with E-state index < -0.39 is 52.2 Å². The lowest BCUT2D eigenvalue weighted by molar-refractivity contribution is 0.0524. The molecule has 32 heavy (non-hydrogen) atoms. The van der Waals surface area contributed by atoms with Crippen molar-refractivity contribution in [2.45, 2.75) is 13.0 Å². The normalized spacial score (nSPS) is 14.0. The Hall–Kier alpha value is -3.31. The molecule has 3 aromatic rings. The third kappa shape index (κ3) is 3.43. The predicted octanol–water partition coefficient (Wildman–Crippen LogP) is 2.40. The first-order valence-electron chi connectivity index (χ1n) is 9.43. The van der Waals surface area contributed by atoms with Crippen LogP contribution in [-0.2, 0) is 4.74 Å². The fraction of sp³-hybridized carbons (Fsp3) is 0.250. The van der Waals surface area contributed by atoms with Gasteiger partial charge in [-0.3, -0.25) is 9.36 Å². The number of ether oxygens (including phenoxy) is 1. The number of hydrogen-bond acceptors (Lipinski definition) is 7. The van der Waals surface area contributed by atoms with E-state index in [0.717, 1.165) is 16.8 Å². The number of pyridine rings is 2. The van der Waals surface area contributed by atoms with E-state index in [1.165, 1.54) is 11.8 Å². The van der Waals surface area contributed by atoms with E-state index in [-0.39, 0.29) is 41.3 Å². The van der Waals surface area contributed by atoms with Gasteiger partial charge in [-0.25, -0.2) is 22.9 Å². The van der Waals surface area contributed by atoms with Crippen LogP contribution in [0.3, 0.4) is 0 Å². The van der Waals surface area contributed by atoms with Crippen molar-refractivity contribution in [3.8, 4) is 5.82 Å². The summed E-state index contributed by atoms with van der Waals surface area (Å²) in [5.74, 6) is -5.41. The van der Waals surface area contributed by atoms with Crippen LogP contribution in [0.1, 0.15) is 17.3 Å². The van der Waals surface area contributed by atoms with Gasteiger partial charge in [0.15, 0.2) is 23.3 Å². The number of rotatable bonds is 4. The van der Waals surface area contributed by atoms with E-state index in [0.29, 0.717) is 6.07 Å². The smallest absolute Gasteiger partial charge is 0.343 e. The monoisotopic (exact) mass is 468 g/mol. The first kappa shape index (κ1) is 21.9. The Kier molecular flexibility index (Phi) is 5.47. The van der Waals surface area contributed by atoms with Gasteiger partial charge >= 0.3 is 5.97 Å². The van der Waals surface area contributed by atoms with Gasteiger partial charge in [0.25, 0.3) is 0 Å². The molecule has 1 aliphatic heterocycles.